The molecule has 1 heterocycles. The van der Waals surface area contributed by atoms with E-state index in [1.807, 2.05) is 38.1 Å². The number of ether oxygens (including phenoxy) is 1. The Morgan fingerprint density at radius 1 is 1.40 bits per heavy atom. The molecule has 1 aromatic rings. The molecule has 1 aliphatic heterocycles. The Kier molecular flexibility index (Phi) is 5.01. The highest BCUT2D eigenvalue weighted by atomic mass is 16.5. The summed E-state index contributed by atoms with van der Waals surface area (Å²) in [7, 11) is 0. The number of rotatable bonds is 5. The normalized spacial score (nSPS) is 23.4. The zero-order valence-corrected chi connectivity index (χ0v) is 12.5. The quantitative estimate of drug-likeness (QED) is 0.861. The van der Waals surface area contributed by atoms with Crippen molar-refractivity contribution in [1.82, 2.24) is 10.6 Å². The molecule has 1 saturated heterocycles. The van der Waals surface area contributed by atoms with E-state index < -0.39 is 0 Å². The first-order valence-electron chi connectivity index (χ1n) is 7.27. The van der Waals surface area contributed by atoms with Crippen molar-refractivity contribution in [2.24, 2.45) is 11.8 Å². The lowest BCUT2D eigenvalue weighted by molar-refractivity contribution is -0.126. The predicted molar refractivity (Wildman–Crippen MR) is 79.8 cm³/mol. The first kappa shape index (κ1) is 14.9. The molecule has 2 N–H and O–H groups in total. The van der Waals surface area contributed by atoms with E-state index >= 15 is 0 Å². The van der Waals surface area contributed by atoms with Gasteiger partial charge in [-0.3, -0.25) is 4.79 Å². The second kappa shape index (κ2) is 6.75. The van der Waals surface area contributed by atoms with Crippen LogP contribution in [0.5, 0.6) is 5.75 Å². The van der Waals surface area contributed by atoms with Crippen LogP contribution >= 0.6 is 0 Å². The van der Waals surface area contributed by atoms with Crippen LogP contribution in [0.25, 0.3) is 0 Å². The van der Waals surface area contributed by atoms with Gasteiger partial charge in [-0.25, -0.2) is 0 Å². The van der Waals surface area contributed by atoms with Gasteiger partial charge in [-0.2, -0.15) is 0 Å². The van der Waals surface area contributed by atoms with E-state index in [9.17, 15) is 4.79 Å². The molecule has 1 unspecified atom stereocenters. The summed E-state index contributed by atoms with van der Waals surface area (Å²) in [6.07, 6.45) is 0. The summed E-state index contributed by atoms with van der Waals surface area (Å²) in [5.74, 6) is 1.45. The van der Waals surface area contributed by atoms with Crippen molar-refractivity contribution in [3.63, 3.8) is 0 Å². The molecule has 1 aliphatic rings. The summed E-state index contributed by atoms with van der Waals surface area (Å²) >= 11 is 0. The molecule has 0 aliphatic carbocycles. The van der Waals surface area contributed by atoms with Gasteiger partial charge in [-0.05, 0) is 38.4 Å². The number of carbonyl (C=O) groups is 1. The molecule has 1 fully saturated rings. The maximum absolute atomic E-state index is 12.1. The molecule has 2 rings (SSSR count). The molecule has 4 heteroatoms. The van der Waals surface area contributed by atoms with Crippen molar-refractivity contribution in [2.75, 3.05) is 19.7 Å². The zero-order chi connectivity index (χ0) is 14.5. The molecule has 20 heavy (non-hydrogen) atoms. The summed E-state index contributed by atoms with van der Waals surface area (Å²) < 4.78 is 5.68. The summed E-state index contributed by atoms with van der Waals surface area (Å²) in [5.41, 5.74) is 1.21. The summed E-state index contributed by atoms with van der Waals surface area (Å²) in [4.78, 5) is 12.1. The fraction of sp³-hybridized carbons (Fsp3) is 0.562. The Hall–Kier alpha value is -1.55. The predicted octanol–water partition coefficient (Wildman–Crippen LogP) is 1.73. The minimum atomic E-state index is 0.0107. The van der Waals surface area contributed by atoms with E-state index in [-0.39, 0.29) is 17.9 Å². The molecule has 0 saturated carbocycles. The van der Waals surface area contributed by atoms with Crippen molar-refractivity contribution in [3.05, 3.63) is 29.8 Å². The monoisotopic (exact) mass is 276 g/mol. The fourth-order valence-corrected chi connectivity index (χ4v) is 2.41. The van der Waals surface area contributed by atoms with Crippen molar-refractivity contribution < 1.29 is 9.53 Å². The highest BCUT2D eigenvalue weighted by Gasteiger charge is 2.30. The standard InChI is InChI=1S/C16H24N2O2/c1-11-4-6-14(7-5-11)20-10-13(3)18-16(19)15-9-17-8-12(15)2/h4-7,12-13,15,17H,8-10H2,1-3H3,(H,18,19)/t12-,13?,15-/m1/s1. The van der Waals surface area contributed by atoms with Gasteiger partial charge in [0.15, 0.2) is 0 Å². The average molecular weight is 276 g/mol. The number of hydrogen-bond acceptors (Lipinski definition) is 3. The number of aryl methyl sites for hydroxylation is 1. The highest BCUT2D eigenvalue weighted by molar-refractivity contribution is 5.79. The van der Waals surface area contributed by atoms with Crippen LogP contribution in [0, 0.1) is 18.8 Å². The molecule has 1 aromatic carbocycles. The third-order valence-electron chi connectivity index (χ3n) is 3.76. The summed E-state index contributed by atoms with van der Waals surface area (Å²) in [6, 6.07) is 7.95. The Morgan fingerprint density at radius 3 is 2.70 bits per heavy atom. The van der Waals surface area contributed by atoms with E-state index in [0.717, 1.165) is 18.8 Å². The largest absolute Gasteiger partial charge is 0.491 e. The molecule has 0 bridgehead atoms. The Balaban J connectivity index is 1.76. The zero-order valence-electron chi connectivity index (χ0n) is 12.5. The van der Waals surface area contributed by atoms with Gasteiger partial charge in [-0.15, -0.1) is 0 Å². The maximum Gasteiger partial charge on any atom is 0.225 e. The van der Waals surface area contributed by atoms with E-state index in [1.54, 1.807) is 0 Å². The smallest absolute Gasteiger partial charge is 0.225 e. The third kappa shape index (κ3) is 3.97. The van der Waals surface area contributed by atoms with E-state index in [4.69, 9.17) is 4.74 Å². The van der Waals surface area contributed by atoms with E-state index in [1.165, 1.54) is 5.56 Å². The van der Waals surface area contributed by atoms with Gasteiger partial charge in [0.05, 0.1) is 12.0 Å². The van der Waals surface area contributed by atoms with Crippen molar-refractivity contribution >= 4 is 5.91 Å². The van der Waals surface area contributed by atoms with E-state index in [0.29, 0.717) is 12.5 Å². The molecule has 0 radical (unpaired) electrons. The minimum absolute atomic E-state index is 0.0107. The van der Waals surface area contributed by atoms with Gasteiger partial charge < -0.3 is 15.4 Å². The lowest BCUT2D eigenvalue weighted by atomic mass is 9.97. The molecule has 4 nitrogen and oxygen atoms in total. The van der Waals surface area contributed by atoms with Crippen LogP contribution in [0.2, 0.25) is 0 Å². The molecule has 110 valence electrons. The number of amides is 1. The third-order valence-corrected chi connectivity index (χ3v) is 3.76. The first-order valence-corrected chi connectivity index (χ1v) is 7.27. The van der Waals surface area contributed by atoms with Gasteiger partial charge in [-0.1, -0.05) is 24.6 Å². The summed E-state index contributed by atoms with van der Waals surface area (Å²) in [5, 5.41) is 6.28. The van der Waals surface area contributed by atoms with Crippen molar-refractivity contribution in [1.29, 1.82) is 0 Å². The minimum Gasteiger partial charge on any atom is -0.491 e. The lowest BCUT2D eigenvalue weighted by Gasteiger charge is -2.19. The SMILES string of the molecule is Cc1ccc(OCC(C)NC(=O)[C@@H]2CNC[C@H]2C)cc1. The number of hydrogen-bond donors (Lipinski definition) is 2. The van der Waals surface area contributed by atoms with Crippen LogP contribution in [0.3, 0.4) is 0 Å². The number of benzene rings is 1. The fourth-order valence-electron chi connectivity index (χ4n) is 2.41. The molecule has 0 spiro atoms. The van der Waals surface area contributed by atoms with Gasteiger partial charge in [0, 0.05) is 6.54 Å². The number of carbonyl (C=O) groups excluding carboxylic acids is 1. The van der Waals surface area contributed by atoms with Crippen LogP contribution in [0.1, 0.15) is 19.4 Å². The Bertz CT molecular complexity index is 444. The van der Waals surface area contributed by atoms with Crippen LogP contribution in [0.4, 0.5) is 0 Å². The van der Waals surface area contributed by atoms with Gasteiger partial charge >= 0.3 is 0 Å². The lowest BCUT2D eigenvalue weighted by Crippen LogP contribution is -2.42. The van der Waals surface area contributed by atoms with Crippen molar-refractivity contribution in [3.8, 4) is 5.75 Å². The maximum atomic E-state index is 12.1. The van der Waals surface area contributed by atoms with Crippen LogP contribution in [-0.4, -0.2) is 31.6 Å². The topological polar surface area (TPSA) is 50.4 Å². The van der Waals surface area contributed by atoms with Gasteiger partial charge in [0.1, 0.15) is 12.4 Å². The number of nitrogens with one attached hydrogen (secondary N) is 2. The molecular formula is C16H24N2O2. The molecule has 1 amide bonds. The van der Waals surface area contributed by atoms with E-state index in [2.05, 4.69) is 17.6 Å². The highest BCUT2D eigenvalue weighted by Crippen LogP contribution is 2.16. The first-order chi connectivity index (χ1) is 9.56. The Morgan fingerprint density at radius 2 is 2.10 bits per heavy atom. The van der Waals surface area contributed by atoms with Gasteiger partial charge in [0.2, 0.25) is 5.91 Å². The second-order valence-corrected chi connectivity index (χ2v) is 5.78. The molecule has 0 aromatic heterocycles. The van der Waals surface area contributed by atoms with Crippen LogP contribution in [-0.2, 0) is 4.79 Å². The van der Waals surface area contributed by atoms with Gasteiger partial charge in [0.25, 0.3) is 0 Å². The summed E-state index contributed by atoms with van der Waals surface area (Å²) in [6.45, 7) is 8.31. The van der Waals surface area contributed by atoms with Crippen molar-refractivity contribution in [2.45, 2.75) is 26.8 Å². The average Bonchev–Trinajstić information content (AvgIpc) is 2.84. The molecule has 3 atom stereocenters. The Labute approximate surface area is 120 Å². The van der Waals surface area contributed by atoms with Crippen LogP contribution < -0.4 is 15.4 Å². The second-order valence-electron chi connectivity index (χ2n) is 5.78. The van der Waals surface area contributed by atoms with Crippen LogP contribution in [0.15, 0.2) is 24.3 Å². The molecular weight excluding hydrogens is 252 g/mol.